The third kappa shape index (κ3) is 3.57. The summed E-state index contributed by atoms with van der Waals surface area (Å²) in [6.07, 6.45) is 5.75. The van der Waals surface area contributed by atoms with Crippen molar-refractivity contribution >= 4 is 10.9 Å². The highest BCUT2D eigenvalue weighted by molar-refractivity contribution is 5.85. The molecule has 0 fully saturated rings. The predicted molar refractivity (Wildman–Crippen MR) is 140 cm³/mol. The average molecular weight is 477 g/mol. The maximum Gasteiger partial charge on any atom is 0.162 e. The first kappa shape index (κ1) is 21.3. The van der Waals surface area contributed by atoms with Gasteiger partial charge in [-0.15, -0.1) is 0 Å². The highest BCUT2D eigenvalue weighted by Crippen LogP contribution is 2.44. The quantitative estimate of drug-likeness (QED) is 0.359. The molecule has 6 heteroatoms. The molecule has 2 aromatic heterocycles. The number of methoxy groups -OCH3 is 1. The molecule has 0 aliphatic carbocycles. The Morgan fingerprint density at radius 3 is 2.75 bits per heavy atom. The van der Waals surface area contributed by atoms with Crippen LogP contribution in [0.3, 0.4) is 0 Å². The highest BCUT2D eigenvalue weighted by Gasteiger charge is 2.34. The number of nitrogens with one attached hydrogen (secondary N) is 1. The van der Waals surface area contributed by atoms with Gasteiger partial charge >= 0.3 is 0 Å². The van der Waals surface area contributed by atoms with Crippen LogP contribution in [0, 0.1) is 0 Å². The number of fused-ring (bicyclic) bond motifs is 6. The van der Waals surface area contributed by atoms with Crippen molar-refractivity contribution < 1.29 is 9.47 Å². The van der Waals surface area contributed by atoms with Gasteiger partial charge in [0.25, 0.3) is 0 Å². The van der Waals surface area contributed by atoms with Crippen LogP contribution in [0.2, 0.25) is 0 Å². The molecular weight excluding hydrogens is 448 g/mol. The van der Waals surface area contributed by atoms with Crippen molar-refractivity contribution in [3.63, 3.8) is 0 Å². The minimum atomic E-state index is 0.349. The molecule has 5 aromatic rings. The van der Waals surface area contributed by atoms with Gasteiger partial charge in [0, 0.05) is 48.1 Å². The van der Waals surface area contributed by atoms with Gasteiger partial charge in [0.05, 0.1) is 12.8 Å². The summed E-state index contributed by atoms with van der Waals surface area (Å²) in [5.74, 6) is 1.61. The fourth-order valence-corrected chi connectivity index (χ4v) is 5.81. The van der Waals surface area contributed by atoms with Crippen molar-refractivity contribution in [2.75, 3.05) is 13.7 Å². The zero-order valence-corrected chi connectivity index (χ0v) is 20.3. The van der Waals surface area contributed by atoms with Gasteiger partial charge in [0.1, 0.15) is 6.61 Å². The van der Waals surface area contributed by atoms with Crippen molar-refractivity contribution in [1.29, 1.82) is 0 Å². The molecule has 4 heterocycles. The van der Waals surface area contributed by atoms with Crippen molar-refractivity contribution in [3.05, 3.63) is 107 Å². The Hall–Kier alpha value is -4.03. The SMILES string of the molecule is COc1cc2c(cc1OCc1ccc(-n3cccn3)cc1)C1Cc3c([nH]c4ccccc34)CN1CC2. The van der Waals surface area contributed by atoms with Crippen LogP contribution in [0.25, 0.3) is 16.6 Å². The molecule has 7 rings (SSSR count). The van der Waals surface area contributed by atoms with Crippen molar-refractivity contribution in [3.8, 4) is 17.2 Å². The molecule has 3 aromatic carbocycles. The lowest BCUT2D eigenvalue weighted by Gasteiger charge is -2.40. The lowest BCUT2D eigenvalue weighted by Crippen LogP contribution is -2.39. The lowest BCUT2D eigenvalue weighted by molar-refractivity contribution is 0.158. The van der Waals surface area contributed by atoms with Gasteiger partial charge in [-0.25, -0.2) is 4.68 Å². The molecule has 0 spiro atoms. The average Bonchev–Trinajstić information content (AvgIpc) is 3.59. The monoisotopic (exact) mass is 476 g/mol. The number of ether oxygens (including phenoxy) is 2. The molecule has 0 saturated carbocycles. The van der Waals surface area contributed by atoms with E-state index < -0.39 is 0 Å². The van der Waals surface area contributed by atoms with Crippen molar-refractivity contribution in [2.24, 2.45) is 0 Å². The number of H-pyrrole nitrogens is 1. The Bertz CT molecular complexity index is 1540. The van der Waals surface area contributed by atoms with Crippen LogP contribution in [-0.2, 0) is 26.0 Å². The summed E-state index contributed by atoms with van der Waals surface area (Å²) in [7, 11) is 1.72. The van der Waals surface area contributed by atoms with Crippen LogP contribution < -0.4 is 9.47 Å². The van der Waals surface area contributed by atoms with Gasteiger partial charge in [-0.3, -0.25) is 4.90 Å². The smallest absolute Gasteiger partial charge is 0.162 e. The van der Waals surface area contributed by atoms with E-state index in [9.17, 15) is 0 Å². The zero-order valence-electron chi connectivity index (χ0n) is 20.3. The second-order valence-corrected chi connectivity index (χ2v) is 9.68. The highest BCUT2D eigenvalue weighted by atomic mass is 16.5. The molecular formula is C30H28N4O2. The Balaban J connectivity index is 1.17. The number of nitrogens with zero attached hydrogens (tertiary/aromatic N) is 3. The van der Waals surface area contributed by atoms with Crippen LogP contribution in [0.15, 0.2) is 79.1 Å². The third-order valence-electron chi connectivity index (χ3n) is 7.65. The van der Waals surface area contributed by atoms with Gasteiger partial charge in [-0.2, -0.15) is 5.10 Å². The van der Waals surface area contributed by atoms with Gasteiger partial charge in [0.2, 0.25) is 0 Å². The van der Waals surface area contributed by atoms with Crippen LogP contribution >= 0.6 is 0 Å². The summed E-state index contributed by atoms with van der Waals surface area (Å²) < 4.78 is 13.9. The van der Waals surface area contributed by atoms with Crippen LogP contribution in [0.4, 0.5) is 0 Å². The minimum absolute atomic E-state index is 0.349. The maximum atomic E-state index is 6.34. The van der Waals surface area contributed by atoms with Crippen LogP contribution in [0.5, 0.6) is 11.5 Å². The van der Waals surface area contributed by atoms with Crippen molar-refractivity contribution in [2.45, 2.75) is 32.0 Å². The van der Waals surface area contributed by atoms with E-state index in [0.29, 0.717) is 12.6 Å². The number of benzene rings is 3. The molecule has 1 unspecified atom stereocenters. The molecule has 36 heavy (non-hydrogen) atoms. The number of hydrogen-bond donors (Lipinski definition) is 1. The third-order valence-corrected chi connectivity index (χ3v) is 7.65. The number of aromatic nitrogens is 3. The number of para-hydroxylation sites is 1. The second-order valence-electron chi connectivity index (χ2n) is 9.68. The zero-order chi connectivity index (χ0) is 24.1. The molecule has 0 bridgehead atoms. The van der Waals surface area contributed by atoms with E-state index in [1.807, 2.05) is 16.9 Å². The Morgan fingerprint density at radius 2 is 1.92 bits per heavy atom. The molecule has 2 aliphatic heterocycles. The Morgan fingerprint density at radius 1 is 1.03 bits per heavy atom. The molecule has 2 aliphatic rings. The fourth-order valence-electron chi connectivity index (χ4n) is 5.81. The minimum Gasteiger partial charge on any atom is -0.493 e. The molecule has 1 N–H and O–H groups in total. The molecule has 0 amide bonds. The first-order valence-corrected chi connectivity index (χ1v) is 12.5. The van der Waals surface area contributed by atoms with E-state index in [2.05, 4.69) is 75.6 Å². The summed E-state index contributed by atoms with van der Waals surface area (Å²) in [6.45, 7) is 2.49. The Labute approximate surface area is 210 Å². The van der Waals surface area contributed by atoms with Gasteiger partial charge < -0.3 is 14.5 Å². The van der Waals surface area contributed by atoms with E-state index in [4.69, 9.17) is 9.47 Å². The normalized spacial score (nSPS) is 16.9. The fraction of sp³-hybridized carbons (Fsp3) is 0.233. The molecule has 1 atom stereocenters. The van der Waals surface area contributed by atoms with Gasteiger partial charge in [0.15, 0.2) is 11.5 Å². The second kappa shape index (κ2) is 8.57. The molecule has 180 valence electrons. The summed E-state index contributed by atoms with van der Waals surface area (Å²) in [6, 6.07) is 23.6. The van der Waals surface area contributed by atoms with Crippen molar-refractivity contribution in [1.82, 2.24) is 19.7 Å². The Kier molecular flexibility index (Phi) is 5.06. The standard InChI is InChI=1S/C30H28N4O2/c1-35-29-15-21-11-14-33-18-27-25(23-5-2-3-6-26(23)32-27)16-28(33)24(21)17-30(29)36-19-20-7-9-22(10-8-20)34-13-4-12-31-34/h2-10,12-13,15,17,28,32H,11,14,16,18-19H2,1H3. The summed E-state index contributed by atoms with van der Waals surface area (Å²) in [5, 5.41) is 5.65. The number of aromatic amines is 1. The summed E-state index contributed by atoms with van der Waals surface area (Å²) in [4.78, 5) is 6.26. The van der Waals surface area contributed by atoms with E-state index in [1.54, 1.807) is 13.3 Å². The largest absolute Gasteiger partial charge is 0.493 e. The van der Waals surface area contributed by atoms with E-state index >= 15 is 0 Å². The molecule has 0 radical (unpaired) electrons. The van der Waals surface area contributed by atoms with E-state index in [-0.39, 0.29) is 0 Å². The maximum absolute atomic E-state index is 6.34. The first-order chi connectivity index (χ1) is 17.8. The summed E-state index contributed by atoms with van der Waals surface area (Å²) in [5.41, 5.74) is 8.92. The van der Waals surface area contributed by atoms with Gasteiger partial charge in [-0.05, 0) is 71.5 Å². The van der Waals surface area contributed by atoms with E-state index in [0.717, 1.165) is 48.7 Å². The molecule has 0 saturated heterocycles. The number of rotatable bonds is 5. The van der Waals surface area contributed by atoms with Crippen LogP contribution in [-0.4, -0.2) is 33.3 Å². The number of hydrogen-bond acceptors (Lipinski definition) is 4. The summed E-state index contributed by atoms with van der Waals surface area (Å²) >= 11 is 0. The predicted octanol–water partition coefficient (Wildman–Crippen LogP) is 5.60. The van der Waals surface area contributed by atoms with E-state index in [1.165, 1.54) is 33.3 Å². The lowest BCUT2D eigenvalue weighted by atomic mass is 9.85. The first-order valence-electron chi connectivity index (χ1n) is 12.5. The van der Waals surface area contributed by atoms with Crippen LogP contribution in [0.1, 0.15) is 34.0 Å². The topological polar surface area (TPSA) is 55.3 Å². The van der Waals surface area contributed by atoms with Gasteiger partial charge in [-0.1, -0.05) is 30.3 Å². The molecule has 6 nitrogen and oxygen atoms in total.